The Hall–Kier alpha value is -3.83. The number of rotatable bonds is 8. The average molecular weight is 381 g/mol. The first-order valence-electron chi connectivity index (χ1n) is 9.69. The zero-order chi connectivity index (χ0) is 20.5. The molecule has 0 aliphatic rings. The molecule has 144 valence electrons. The van der Waals surface area contributed by atoms with E-state index in [1.165, 1.54) is 0 Å². The number of hydrogen-bond acceptors (Lipinski definition) is 5. The molecular weight excluding hydrogens is 358 g/mol. The summed E-state index contributed by atoms with van der Waals surface area (Å²) in [6.45, 7) is 3.15. The van der Waals surface area contributed by atoms with Crippen LogP contribution < -0.4 is 10.6 Å². The van der Waals surface area contributed by atoms with Crippen LogP contribution in [0.25, 0.3) is 0 Å². The summed E-state index contributed by atoms with van der Waals surface area (Å²) >= 11 is 0. The highest BCUT2D eigenvalue weighted by Gasteiger charge is 2.19. The van der Waals surface area contributed by atoms with E-state index in [4.69, 9.17) is 0 Å². The molecule has 0 fully saturated rings. The number of nitriles is 2. The minimum absolute atomic E-state index is 0.449. The number of pyridine rings is 1. The molecule has 1 heterocycles. The molecule has 5 heteroatoms. The molecule has 2 N–H and O–H groups in total. The van der Waals surface area contributed by atoms with Crippen molar-refractivity contribution in [1.82, 2.24) is 4.98 Å². The van der Waals surface area contributed by atoms with Crippen LogP contribution in [0.3, 0.4) is 0 Å². The molecule has 0 aliphatic carbocycles. The Morgan fingerprint density at radius 3 is 1.59 bits per heavy atom. The summed E-state index contributed by atoms with van der Waals surface area (Å²) in [6.07, 6.45) is 1.48. The van der Waals surface area contributed by atoms with Crippen LogP contribution in [0.5, 0.6) is 0 Å². The summed E-state index contributed by atoms with van der Waals surface area (Å²) < 4.78 is 0. The van der Waals surface area contributed by atoms with Crippen molar-refractivity contribution in [2.75, 3.05) is 10.6 Å². The molecule has 0 bridgehead atoms. The number of benzene rings is 2. The first kappa shape index (κ1) is 19.9. The molecule has 0 amide bonds. The molecule has 1 aromatic heterocycles. The van der Waals surface area contributed by atoms with E-state index >= 15 is 0 Å². The topological polar surface area (TPSA) is 84.5 Å². The molecular formula is C24H23N5. The lowest BCUT2D eigenvalue weighted by atomic mass is 9.99. The van der Waals surface area contributed by atoms with Gasteiger partial charge in [0.1, 0.15) is 23.8 Å². The zero-order valence-corrected chi connectivity index (χ0v) is 16.4. The highest BCUT2D eigenvalue weighted by molar-refractivity contribution is 5.69. The number of aromatic nitrogens is 1. The number of hydrogen-bond donors (Lipinski definition) is 2. The lowest BCUT2D eigenvalue weighted by Crippen LogP contribution is -2.12. The molecule has 0 unspecified atom stereocenters. The van der Waals surface area contributed by atoms with Crippen molar-refractivity contribution in [2.24, 2.45) is 0 Å². The fourth-order valence-electron chi connectivity index (χ4n) is 3.19. The van der Waals surface area contributed by atoms with Crippen molar-refractivity contribution < 1.29 is 0 Å². The minimum Gasteiger partial charge on any atom is -0.365 e. The Morgan fingerprint density at radius 2 is 1.21 bits per heavy atom. The molecule has 2 aromatic carbocycles. The van der Waals surface area contributed by atoms with Crippen LogP contribution in [0.2, 0.25) is 0 Å². The van der Waals surface area contributed by atoms with Crippen LogP contribution in [0.1, 0.15) is 41.2 Å². The van der Waals surface area contributed by atoms with Gasteiger partial charge in [0.05, 0.1) is 11.1 Å². The average Bonchev–Trinajstić information content (AvgIpc) is 2.77. The smallest absolute Gasteiger partial charge is 0.147 e. The van der Waals surface area contributed by atoms with Gasteiger partial charge in [-0.15, -0.1) is 0 Å². The molecule has 3 aromatic rings. The number of anilines is 2. The third kappa shape index (κ3) is 4.91. The summed E-state index contributed by atoms with van der Waals surface area (Å²) in [7, 11) is 0. The van der Waals surface area contributed by atoms with Crippen molar-refractivity contribution in [3.63, 3.8) is 0 Å². The third-order valence-corrected chi connectivity index (χ3v) is 4.63. The number of nitrogens with one attached hydrogen (secondary N) is 2. The van der Waals surface area contributed by atoms with Crippen LogP contribution in [0.4, 0.5) is 11.6 Å². The Balaban J connectivity index is 1.96. The highest BCUT2D eigenvalue weighted by atomic mass is 15.1. The highest BCUT2D eigenvalue weighted by Crippen LogP contribution is 2.28. The molecule has 3 rings (SSSR count). The predicted octanol–water partition coefficient (Wildman–Crippen LogP) is 5.00. The molecule has 29 heavy (non-hydrogen) atoms. The fraction of sp³-hybridized carbons (Fsp3) is 0.208. The van der Waals surface area contributed by atoms with Crippen molar-refractivity contribution in [3.8, 4) is 12.1 Å². The molecule has 0 atom stereocenters. The lowest BCUT2D eigenvalue weighted by molar-refractivity contribution is 0.907. The van der Waals surface area contributed by atoms with Crippen LogP contribution in [0.15, 0.2) is 60.7 Å². The van der Waals surface area contributed by atoms with Gasteiger partial charge in [0, 0.05) is 13.1 Å². The number of nitrogens with zero attached hydrogens (tertiary/aromatic N) is 3. The first-order chi connectivity index (χ1) is 14.3. The molecule has 0 saturated carbocycles. The fourth-order valence-corrected chi connectivity index (χ4v) is 3.19. The van der Waals surface area contributed by atoms with Crippen LogP contribution >= 0.6 is 0 Å². The van der Waals surface area contributed by atoms with Gasteiger partial charge in [-0.2, -0.15) is 10.5 Å². The van der Waals surface area contributed by atoms with E-state index in [1.54, 1.807) is 0 Å². The molecule has 0 radical (unpaired) electrons. The van der Waals surface area contributed by atoms with Gasteiger partial charge in [0.25, 0.3) is 0 Å². The SMILES string of the molecule is CCCc1c(C#N)c(NCc2ccccc2)nc(NCc2ccccc2)c1C#N. The van der Waals surface area contributed by atoms with Crippen LogP contribution in [0, 0.1) is 22.7 Å². The van der Waals surface area contributed by atoms with Gasteiger partial charge < -0.3 is 10.6 Å². The minimum atomic E-state index is 0.449. The van der Waals surface area contributed by atoms with E-state index in [9.17, 15) is 10.5 Å². The largest absolute Gasteiger partial charge is 0.365 e. The van der Waals surface area contributed by atoms with Gasteiger partial charge in [-0.05, 0) is 23.1 Å². The molecule has 5 nitrogen and oxygen atoms in total. The van der Waals surface area contributed by atoms with Crippen LogP contribution in [-0.4, -0.2) is 4.98 Å². The second-order valence-corrected chi connectivity index (χ2v) is 6.69. The van der Waals surface area contributed by atoms with E-state index in [2.05, 4.69) is 27.8 Å². The van der Waals surface area contributed by atoms with E-state index < -0.39 is 0 Å². The summed E-state index contributed by atoms with van der Waals surface area (Å²) in [6, 6.07) is 24.4. The lowest BCUT2D eigenvalue weighted by Gasteiger charge is -2.17. The van der Waals surface area contributed by atoms with Gasteiger partial charge in [-0.1, -0.05) is 74.0 Å². The molecule has 0 aliphatic heterocycles. The summed E-state index contributed by atoms with van der Waals surface area (Å²) in [4.78, 5) is 4.62. The van der Waals surface area contributed by atoms with Gasteiger partial charge in [0.15, 0.2) is 0 Å². The Morgan fingerprint density at radius 1 is 0.759 bits per heavy atom. The quantitative estimate of drug-likeness (QED) is 0.573. The zero-order valence-electron chi connectivity index (χ0n) is 16.4. The van der Waals surface area contributed by atoms with Crippen molar-refractivity contribution in [3.05, 3.63) is 88.5 Å². The van der Waals surface area contributed by atoms with Gasteiger partial charge in [0.2, 0.25) is 0 Å². The second kappa shape index (κ2) is 9.92. The predicted molar refractivity (Wildman–Crippen MR) is 115 cm³/mol. The van der Waals surface area contributed by atoms with Crippen molar-refractivity contribution in [1.29, 1.82) is 10.5 Å². The summed E-state index contributed by atoms with van der Waals surface area (Å²) in [5, 5.41) is 26.1. The third-order valence-electron chi connectivity index (χ3n) is 4.63. The van der Waals surface area contributed by atoms with Crippen molar-refractivity contribution in [2.45, 2.75) is 32.9 Å². The van der Waals surface area contributed by atoms with Crippen molar-refractivity contribution >= 4 is 11.6 Å². The summed E-state index contributed by atoms with van der Waals surface area (Å²) in [5.74, 6) is 1.02. The van der Waals surface area contributed by atoms with E-state index in [0.29, 0.717) is 42.3 Å². The van der Waals surface area contributed by atoms with E-state index in [1.807, 2.05) is 67.6 Å². The van der Waals surface area contributed by atoms with E-state index in [0.717, 1.165) is 23.1 Å². The second-order valence-electron chi connectivity index (χ2n) is 6.69. The Kier molecular flexibility index (Phi) is 6.81. The monoisotopic (exact) mass is 381 g/mol. The first-order valence-corrected chi connectivity index (χ1v) is 9.69. The van der Waals surface area contributed by atoms with E-state index in [-0.39, 0.29) is 0 Å². The molecule has 0 spiro atoms. The van der Waals surface area contributed by atoms with Gasteiger partial charge in [-0.3, -0.25) is 0 Å². The normalized spacial score (nSPS) is 10.0. The Labute approximate surface area is 171 Å². The maximum absolute atomic E-state index is 9.78. The van der Waals surface area contributed by atoms with Gasteiger partial charge >= 0.3 is 0 Å². The molecule has 0 saturated heterocycles. The van der Waals surface area contributed by atoms with Crippen LogP contribution in [-0.2, 0) is 19.5 Å². The summed E-state index contributed by atoms with van der Waals surface area (Å²) in [5.41, 5.74) is 3.84. The maximum Gasteiger partial charge on any atom is 0.147 e. The maximum atomic E-state index is 9.78. The standard InChI is InChI=1S/C24H23N5/c1-2-9-20-21(14-25)23(27-16-18-10-5-3-6-11-18)29-24(22(20)15-26)28-17-19-12-7-4-8-13-19/h3-8,10-13H,2,9,16-17H2,1H3,(H2,27,28,29). The Bertz CT molecular complexity index is 951. The van der Waals surface area contributed by atoms with Gasteiger partial charge in [-0.25, -0.2) is 4.98 Å².